The molecule has 1 aromatic rings. The normalized spacial score (nSPS) is 22.9. The molecule has 106 valence electrons. The smallest absolute Gasteiger partial charge is 0.246 e. The molecular formula is C15H19N3O2. The van der Waals surface area contributed by atoms with Crippen LogP contribution in [0.5, 0.6) is 0 Å². The molecule has 2 heterocycles. The van der Waals surface area contributed by atoms with Crippen LogP contribution in [0.2, 0.25) is 0 Å². The van der Waals surface area contributed by atoms with E-state index in [0.717, 1.165) is 31.4 Å². The Morgan fingerprint density at radius 3 is 2.65 bits per heavy atom. The number of nitrogen functional groups attached to an aromatic ring is 1. The first kappa shape index (κ1) is 13.0. The third-order valence-corrected chi connectivity index (χ3v) is 4.10. The van der Waals surface area contributed by atoms with Gasteiger partial charge in [0.25, 0.3) is 0 Å². The SMILES string of the molecule is Nc1ccc(CN2CC(=O)N3CCCCC3C2=O)cc1. The van der Waals surface area contributed by atoms with E-state index < -0.39 is 0 Å². The molecule has 0 spiro atoms. The summed E-state index contributed by atoms with van der Waals surface area (Å²) in [5.74, 6) is 0.158. The molecule has 1 unspecified atom stereocenters. The van der Waals surface area contributed by atoms with Gasteiger partial charge in [0, 0.05) is 18.8 Å². The van der Waals surface area contributed by atoms with Gasteiger partial charge in [-0.05, 0) is 37.0 Å². The van der Waals surface area contributed by atoms with Gasteiger partial charge in [-0.15, -0.1) is 0 Å². The van der Waals surface area contributed by atoms with Gasteiger partial charge >= 0.3 is 0 Å². The maximum Gasteiger partial charge on any atom is 0.246 e. The molecule has 3 rings (SSSR count). The van der Waals surface area contributed by atoms with E-state index in [1.54, 1.807) is 9.80 Å². The molecule has 2 fully saturated rings. The summed E-state index contributed by atoms with van der Waals surface area (Å²) < 4.78 is 0. The van der Waals surface area contributed by atoms with E-state index >= 15 is 0 Å². The minimum Gasteiger partial charge on any atom is -0.399 e. The molecule has 0 aliphatic carbocycles. The van der Waals surface area contributed by atoms with Crippen LogP contribution in [0.3, 0.4) is 0 Å². The lowest BCUT2D eigenvalue weighted by Gasteiger charge is -2.42. The van der Waals surface area contributed by atoms with Gasteiger partial charge in [0.15, 0.2) is 0 Å². The predicted octanol–water partition coefficient (Wildman–Crippen LogP) is 0.992. The minimum atomic E-state index is -0.237. The van der Waals surface area contributed by atoms with Crippen molar-refractivity contribution in [3.05, 3.63) is 29.8 Å². The Morgan fingerprint density at radius 2 is 1.90 bits per heavy atom. The summed E-state index contributed by atoms with van der Waals surface area (Å²) in [5.41, 5.74) is 7.36. The topological polar surface area (TPSA) is 66.6 Å². The van der Waals surface area contributed by atoms with Crippen molar-refractivity contribution in [2.24, 2.45) is 0 Å². The summed E-state index contributed by atoms with van der Waals surface area (Å²) in [6.07, 6.45) is 2.83. The first-order valence-corrected chi connectivity index (χ1v) is 7.08. The van der Waals surface area contributed by atoms with Gasteiger partial charge in [-0.3, -0.25) is 9.59 Å². The number of carbonyl (C=O) groups is 2. The van der Waals surface area contributed by atoms with E-state index in [1.807, 2.05) is 24.3 Å². The fourth-order valence-electron chi connectivity index (χ4n) is 3.01. The second kappa shape index (κ2) is 5.15. The number of carbonyl (C=O) groups excluding carboxylic acids is 2. The van der Waals surface area contributed by atoms with E-state index in [0.29, 0.717) is 12.2 Å². The zero-order valence-corrected chi connectivity index (χ0v) is 11.4. The van der Waals surface area contributed by atoms with Crippen molar-refractivity contribution >= 4 is 17.5 Å². The molecule has 2 N–H and O–H groups in total. The van der Waals surface area contributed by atoms with Crippen LogP contribution in [0, 0.1) is 0 Å². The summed E-state index contributed by atoms with van der Waals surface area (Å²) in [7, 11) is 0. The molecular weight excluding hydrogens is 254 g/mol. The van der Waals surface area contributed by atoms with Gasteiger partial charge < -0.3 is 15.5 Å². The molecule has 2 saturated heterocycles. The average molecular weight is 273 g/mol. The maximum atomic E-state index is 12.5. The van der Waals surface area contributed by atoms with Crippen molar-refractivity contribution in [3.63, 3.8) is 0 Å². The quantitative estimate of drug-likeness (QED) is 0.817. The fraction of sp³-hybridized carbons (Fsp3) is 0.467. The summed E-state index contributed by atoms with van der Waals surface area (Å²) in [6, 6.07) is 7.20. The van der Waals surface area contributed by atoms with Crippen LogP contribution >= 0.6 is 0 Å². The molecule has 5 heteroatoms. The van der Waals surface area contributed by atoms with E-state index in [4.69, 9.17) is 5.73 Å². The van der Waals surface area contributed by atoms with E-state index in [-0.39, 0.29) is 24.4 Å². The van der Waals surface area contributed by atoms with Gasteiger partial charge in [0.2, 0.25) is 11.8 Å². The van der Waals surface area contributed by atoms with Crippen molar-refractivity contribution in [1.82, 2.24) is 9.80 Å². The van der Waals surface area contributed by atoms with Gasteiger partial charge in [0.1, 0.15) is 12.6 Å². The number of fused-ring (bicyclic) bond motifs is 1. The Kier molecular flexibility index (Phi) is 3.34. The lowest BCUT2D eigenvalue weighted by Crippen LogP contribution is -2.60. The van der Waals surface area contributed by atoms with Crippen LogP contribution < -0.4 is 5.73 Å². The molecule has 20 heavy (non-hydrogen) atoms. The average Bonchev–Trinajstić information content (AvgIpc) is 2.47. The number of hydrogen-bond donors (Lipinski definition) is 1. The van der Waals surface area contributed by atoms with Crippen LogP contribution in [0.1, 0.15) is 24.8 Å². The number of anilines is 1. The molecule has 5 nitrogen and oxygen atoms in total. The zero-order valence-electron chi connectivity index (χ0n) is 11.4. The monoisotopic (exact) mass is 273 g/mol. The Morgan fingerprint density at radius 1 is 1.15 bits per heavy atom. The molecule has 0 saturated carbocycles. The Hall–Kier alpha value is -2.04. The molecule has 1 atom stereocenters. The Labute approximate surface area is 118 Å². The van der Waals surface area contributed by atoms with Crippen molar-refractivity contribution in [2.45, 2.75) is 31.8 Å². The Balaban J connectivity index is 1.75. The fourth-order valence-corrected chi connectivity index (χ4v) is 3.01. The lowest BCUT2D eigenvalue weighted by atomic mass is 9.98. The Bertz CT molecular complexity index is 526. The van der Waals surface area contributed by atoms with Crippen molar-refractivity contribution in [2.75, 3.05) is 18.8 Å². The standard InChI is InChI=1S/C15H19N3O2/c16-12-6-4-11(5-7-12)9-17-10-14(19)18-8-2-1-3-13(18)15(17)20/h4-7,13H,1-3,8-10,16H2. The summed E-state index contributed by atoms with van der Waals surface area (Å²) in [4.78, 5) is 28.0. The maximum absolute atomic E-state index is 12.5. The van der Waals surface area contributed by atoms with Gasteiger partial charge in [-0.2, -0.15) is 0 Å². The van der Waals surface area contributed by atoms with E-state index in [9.17, 15) is 9.59 Å². The van der Waals surface area contributed by atoms with Crippen molar-refractivity contribution in [3.8, 4) is 0 Å². The first-order valence-electron chi connectivity index (χ1n) is 7.08. The second-order valence-corrected chi connectivity index (χ2v) is 5.53. The molecule has 2 amide bonds. The molecule has 1 aromatic carbocycles. The third kappa shape index (κ3) is 2.35. The minimum absolute atomic E-state index is 0.0738. The number of piperidine rings is 1. The highest BCUT2D eigenvalue weighted by molar-refractivity contribution is 5.95. The number of hydrogen-bond acceptors (Lipinski definition) is 3. The van der Waals surface area contributed by atoms with Crippen LogP contribution in [-0.4, -0.2) is 40.7 Å². The van der Waals surface area contributed by atoms with Crippen LogP contribution in [0.15, 0.2) is 24.3 Å². The molecule has 2 aliphatic rings. The second-order valence-electron chi connectivity index (χ2n) is 5.53. The first-order chi connectivity index (χ1) is 9.65. The number of amides is 2. The molecule has 0 aromatic heterocycles. The summed E-state index contributed by atoms with van der Waals surface area (Å²) in [6.45, 7) is 1.40. The largest absolute Gasteiger partial charge is 0.399 e. The van der Waals surface area contributed by atoms with Gasteiger partial charge in [0.05, 0.1) is 0 Å². The summed E-state index contributed by atoms with van der Waals surface area (Å²) >= 11 is 0. The van der Waals surface area contributed by atoms with Crippen molar-refractivity contribution < 1.29 is 9.59 Å². The molecule has 2 aliphatic heterocycles. The van der Waals surface area contributed by atoms with Crippen LogP contribution in [0.4, 0.5) is 5.69 Å². The highest BCUT2D eigenvalue weighted by atomic mass is 16.2. The van der Waals surface area contributed by atoms with Crippen molar-refractivity contribution in [1.29, 1.82) is 0 Å². The zero-order chi connectivity index (χ0) is 14.1. The number of nitrogens with zero attached hydrogens (tertiary/aromatic N) is 2. The molecule has 0 bridgehead atoms. The van der Waals surface area contributed by atoms with Crippen LogP contribution in [-0.2, 0) is 16.1 Å². The summed E-state index contributed by atoms with van der Waals surface area (Å²) in [5, 5.41) is 0. The number of piperazine rings is 1. The highest BCUT2D eigenvalue weighted by Crippen LogP contribution is 2.24. The number of nitrogens with two attached hydrogens (primary N) is 1. The molecule has 0 radical (unpaired) electrons. The number of benzene rings is 1. The number of rotatable bonds is 2. The third-order valence-electron chi connectivity index (χ3n) is 4.10. The predicted molar refractivity (Wildman–Crippen MR) is 75.6 cm³/mol. The highest BCUT2D eigenvalue weighted by Gasteiger charge is 2.40. The van der Waals surface area contributed by atoms with E-state index in [2.05, 4.69) is 0 Å². The van der Waals surface area contributed by atoms with Crippen LogP contribution in [0.25, 0.3) is 0 Å². The van der Waals surface area contributed by atoms with E-state index in [1.165, 1.54) is 0 Å². The lowest BCUT2D eigenvalue weighted by molar-refractivity contribution is -0.158. The van der Waals surface area contributed by atoms with Gasteiger partial charge in [-0.1, -0.05) is 12.1 Å². The van der Waals surface area contributed by atoms with Gasteiger partial charge in [-0.25, -0.2) is 0 Å².